The lowest BCUT2D eigenvalue weighted by atomic mass is 10.1. The van der Waals surface area contributed by atoms with Crippen molar-refractivity contribution in [1.29, 1.82) is 0 Å². The van der Waals surface area contributed by atoms with E-state index in [4.69, 9.17) is 10.3 Å². The van der Waals surface area contributed by atoms with Crippen LogP contribution in [0.1, 0.15) is 45.1 Å². The SMILES string of the molecule is CC(C)[C@@H](NC(=O)CCc1ccccc1)P(=O)(O)O[C@@H](CCCCN)C(=O)O. The average Bonchev–Trinajstić information content (AvgIpc) is 2.64. The molecule has 1 amide bonds. The van der Waals surface area contributed by atoms with Crippen molar-refractivity contribution in [3.8, 4) is 0 Å². The van der Waals surface area contributed by atoms with Crippen LogP contribution in [0, 0.1) is 5.92 Å². The second-order valence-electron chi connectivity index (χ2n) is 7.02. The molecule has 5 N–H and O–H groups in total. The van der Waals surface area contributed by atoms with E-state index in [0.717, 1.165) is 5.56 Å². The average molecular weight is 414 g/mol. The molecule has 0 heterocycles. The molecule has 158 valence electrons. The first-order valence-electron chi connectivity index (χ1n) is 9.44. The van der Waals surface area contributed by atoms with Gasteiger partial charge in [-0.15, -0.1) is 0 Å². The largest absolute Gasteiger partial charge is 0.479 e. The number of nitrogens with two attached hydrogens (primary N) is 1. The predicted molar refractivity (Wildman–Crippen MR) is 107 cm³/mol. The van der Waals surface area contributed by atoms with Gasteiger partial charge < -0.3 is 21.1 Å². The highest BCUT2D eigenvalue weighted by Crippen LogP contribution is 2.50. The monoisotopic (exact) mass is 414 g/mol. The van der Waals surface area contributed by atoms with Gasteiger partial charge in [0.05, 0.1) is 0 Å². The number of amides is 1. The van der Waals surface area contributed by atoms with E-state index in [0.29, 0.717) is 25.8 Å². The Kier molecular flexibility index (Phi) is 10.4. The van der Waals surface area contributed by atoms with Gasteiger partial charge in [-0.2, -0.15) is 0 Å². The van der Waals surface area contributed by atoms with Crippen LogP contribution in [0.5, 0.6) is 0 Å². The van der Waals surface area contributed by atoms with Gasteiger partial charge in [-0.05, 0) is 43.7 Å². The summed E-state index contributed by atoms with van der Waals surface area (Å²) < 4.78 is 17.8. The summed E-state index contributed by atoms with van der Waals surface area (Å²) in [6.45, 7) is 3.73. The number of carboxylic acids is 1. The first kappa shape index (κ1) is 24.3. The number of unbranched alkanes of at least 4 members (excludes halogenated alkanes) is 1. The first-order valence-corrected chi connectivity index (χ1v) is 11.1. The molecule has 0 aliphatic heterocycles. The summed E-state index contributed by atoms with van der Waals surface area (Å²) in [6, 6.07) is 9.41. The van der Waals surface area contributed by atoms with E-state index in [9.17, 15) is 24.2 Å². The molecule has 9 heteroatoms. The second-order valence-corrected chi connectivity index (χ2v) is 8.92. The van der Waals surface area contributed by atoms with Crippen molar-refractivity contribution < 1.29 is 28.7 Å². The van der Waals surface area contributed by atoms with Crippen LogP contribution in [0.2, 0.25) is 0 Å². The van der Waals surface area contributed by atoms with Crippen molar-refractivity contribution in [1.82, 2.24) is 5.32 Å². The first-order chi connectivity index (χ1) is 13.2. The summed E-state index contributed by atoms with van der Waals surface area (Å²) in [5.74, 6) is -3.32. The van der Waals surface area contributed by atoms with E-state index in [2.05, 4.69) is 5.32 Å². The van der Waals surface area contributed by atoms with E-state index in [-0.39, 0.29) is 12.8 Å². The molecule has 1 unspecified atom stereocenters. The molecule has 0 aromatic heterocycles. The maximum Gasteiger partial charge on any atom is 0.351 e. The Morgan fingerprint density at radius 2 is 1.86 bits per heavy atom. The van der Waals surface area contributed by atoms with Gasteiger partial charge in [0.15, 0.2) is 6.10 Å². The van der Waals surface area contributed by atoms with Crippen LogP contribution < -0.4 is 11.1 Å². The Morgan fingerprint density at radius 1 is 1.21 bits per heavy atom. The molecule has 0 saturated heterocycles. The lowest BCUT2D eigenvalue weighted by Gasteiger charge is -2.28. The third kappa shape index (κ3) is 8.52. The molecule has 3 atom stereocenters. The normalized spacial score (nSPS) is 15.6. The number of nitrogens with one attached hydrogen (secondary N) is 1. The molecule has 0 radical (unpaired) electrons. The van der Waals surface area contributed by atoms with Crippen molar-refractivity contribution >= 4 is 19.5 Å². The lowest BCUT2D eigenvalue weighted by Crippen LogP contribution is -2.40. The standard InChI is InChI=1S/C19H31N2O6P/c1-14(2)18(21-17(22)12-11-15-8-4-3-5-9-15)28(25,26)27-16(19(23)24)10-6-7-13-20/h3-5,8-9,14,16,18H,6-7,10-13,20H2,1-2H3,(H,21,22)(H,23,24)(H,25,26)/t16-,18-/m0/s1. The zero-order chi connectivity index (χ0) is 21.2. The fourth-order valence-electron chi connectivity index (χ4n) is 2.71. The molecule has 0 saturated carbocycles. The summed E-state index contributed by atoms with van der Waals surface area (Å²) >= 11 is 0. The number of carbonyl (C=O) groups excluding carboxylic acids is 1. The van der Waals surface area contributed by atoms with Crippen LogP contribution in [0.25, 0.3) is 0 Å². The number of carboxylic acid groups (broad SMARTS) is 1. The molecular weight excluding hydrogens is 383 g/mol. The molecule has 1 aromatic rings. The van der Waals surface area contributed by atoms with Gasteiger partial charge in [-0.25, -0.2) is 4.79 Å². The highest BCUT2D eigenvalue weighted by atomic mass is 31.2. The number of benzene rings is 1. The summed E-state index contributed by atoms with van der Waals surface area (Å²) in [4.78, 5) is 34.0. The Balaban J connectivity index is 2.73. The Hall–Kier alpha value is -1.73. The number of hydrogen-bond donors (Lipinski definition) is 4. The topological polar surface area (TPSA) is 139 Å². The molecule has 0 fully saturated rings. The number of rotatable bonds is 13. The minimum Gasteiger partial charge on any atom is -0.479 e. The second kappa shape index (κ2) is 12.0. The van der Waals surface area contributed by atoms with Crippen LogP contribution in [-0.4, -0.2) is 40.3 Å². The highest BCUT2D eigenvalue weighted by Gasteiger charge is 2.40. The van der Waals surface area contributed by atoms with Gasteiger partial charge in [-0.3, -0.25) is 13.9 Å². The minimum absolute atomic E-state index is 0.0733. The maximum absolute atomic E-state index is 12.7. The predicted octanol–water partition coefficient (Wildman–Crippen LogP) is 2.50. The van der Waals surface area contributed by atoms with Gasteiger partial charge in [0.1, 0.15) is 5.78 Å². The van der Waals surface area contributed by atoms with Crippen LogP contribution in [-0.2, 0) is 25.1 Å². The molecule has 1 aromatic carbocycles. The number of carbonyl (C=O) groups is 2. The molecule has 0 aliphatic rings. The van der Waals surface area contributed by atoms with Crippen LogP contribution in [0.4, 0.5) is 0 Å². The fraction of sp³-hybridized carbons (Fsp3) is 0.579. The summed E-state index contributed by atoms with van der Waals surface area (Å²) in [5.41, 5.74) is 6.37. The van der Waals surface area contributed by atoms with E-state index in [1.54, 1.807) is 13.8 Å². The lowest BCUT2D eigenvalue weighted by molar-refractivity contribution is -0.145. The van der Waals surface area contributed by atoms with Crippen LogP contribution in [0.3, 0.4) is 0 Å². The smallest absolute Gasteiger partial charge is 0.351 e. The maximum atomic E-state index is 12.7. The van der Waals surface area contributed by atoms with E-state index in [1.807, 2.05) is 30.3 Å². The number of aryl methyl sites for hydroxylation is 1. The van der Waals surface area contributed by atoms with Crippen LogP contribution >= 0.6 is 7.60 Å². The quantitative estimate of drug-likeness (QED) is 0.287. The third-order valence-corrected chi connectivity index (χ3v) is 6.23. The molecule has 8 nitrogen and oxygen atoms in total. The Morgan fingerprint density at radius 3 is 2.39 bits per heavy atom. The zero-order valence-electron chi connectivity index (χ0n) is 16.4. The summed E-state index contributed by atoms with van der Waals surface area (Å²) in [6.07, 6.45) is 0.335. The van der Waals surface area contributed by atoms with E-state index < -0.39 is 37.3 Å². The van der Waals surface area contributed by atoms with Gasteiger partial charge in [0, 0.05) is 6.42 Å². The summed E-state index contributed by atoms with van der Waals surface area (Å²) in [5, 5.41) is 11.8. The molecule has 0 bridgehead atoms. The van der Waals surface area contributed by atoms with Gasteiger partial charge in [-0.1, -0.05) is 44.2 Å². The minimum atomic E-state index is -4.41. The van der Waals surface area contributed by atoms with Crippen molar-refractivity contribution in [2.24, 2.45) is 11.7 Å². The zero-order valence-corrected chi connectivity index (χ0v) is 17.3. The number of aliphatic carboxylic acids is 1. The van der Waals surface area contributed by atoms with Crippen molar-refractivity contribution in [3.63, 3.8) is 0 Å². The molecule has 0 aliphatic carbocycles. The van der Waals surface area contributed by atoms with E-state index in [1.165, 1.54) is 0 Å². The Labute approximate surface area is 166 Å². The Bertz CT molecular complexity index is 668. The summed E-state index contributed by atoms with van der Waals surface area (Å²) in [7, 11) is -4.41. The molecular formula is C19H31N2O6P. The van der Waals surface area contributed by atoms with Crippen molar-refractivity contribution in [2.75, 3.05) is 6.54 Å². The van der Waals surface area contributed by atoms with Crippen LogP contribution in [0.15, 0.2) is 30.3 Å². The van der Waals surface area contributed by atoms with Gasteiger partial charge in [0.25, 0.3) is 0 Å². The highest BCUT2D eigenvalue weighted by molar-refractivity contribution is 7.53. The molecule has 28 heavy (non-hydrogen) atoms. The molecule has 1 rings (SSSR count). The molecule has 0 spiro atoms. The van der Waals surface area contributed by atoms with Crippen molar-refractivity contribution in [3.05, 3.63) is 35.9 Å². The third-order valence-electron chi connectivity index (χ3n) is 4.25. The number of hydrogen-bond acceptors (Lipinski definition) is 5. The van der Waals surface area contributed by atoms with Gasteiger partial charge >= 0.3 is 13.6 Å². The van der Waals surface area contributed by atoms with Gasteiger partial charge in [0.2, 0.25) is 5.91 Å². The van der Waals surface area contributed by atoms with Crippen molar-refractivity contribution in [2.45, 2.75) is 57.8 Å². The fourth-order valence-corrected chi connectivity index (χ4v) is 4.46. The van der Waals surface area contributed by atoms with E-state index >= 15 is 0 Å².